The Kier molecular flexibility index (Phi) is 10.3. The van der Waals surface area contributed by atoms with Crippen LogP contribution in [0.2, 0.25) is 0 Å². The lowest BCUT2D eigenvalue weighted by Crippen LogP contribution is -2.24. The van der Waals surface area contributed by atoms with Crippen molar-refractivity contribution in [3.8, 4) is 17.2 Å². The van der Waals surface area contributed by atoms with E-state index in [1.165, 1.54) is 6.21 Å². The zero-order valence-corrected chi connectivity index (χ0v) is 24.5. The third kappa shape index (κ3) is 8.16. The Morgan fingerprint density at radius 1 is 0.886 bits per heavy atom. The standard InChI is InChI=1S/C24H18Br4N2O5/c1-2-33-21-9-14(3-8-20(21)35-24(32)15-4-6-16(25)7-5-15)12-29-30-22(31)13-34-23-18(27)10-17(26)11-19(23)28/h3-12H,2,13H2,1H3,(H,30,31)/b29-12+. The molecule has 0 atom stereocenters. The number of rotatable bonds is 9. The van der Waals surface area contributed by atoms with Gasteiger partial charge in [-0.15, -0.1) is 0 Å². The fourth-order valence-corrected chi connectivity index (χ4v) is 5.47. The molecule has 35 heavy (non-hydrogen) atoms. The zero-order valence-electron chi connectivity index (χ0n) is 18.2. The highest BCUT2D eigenvalue weighted by atomic mass is 79.9. The first-order valence-corrected chi connectivity index (χ1v) is 13.3. The van der Waals surface area contributed by atoms with Crippen molar-refractivity contribution in [3.05, 3.63) is 83.6 Å². The van der Waals surface area contributed by atoms with Gasteiger partial charge in [0, 0.05) is 8.95 Å². The summed E-state index contributed by atoms with van der Waals surface area (Å²) in [5.74, 6) is 0.215. The first-order chi connectivity index (χ1) is 16.8. The molecule has 0 bridgehead atoms. The van der Waals surface area contributed by atoms with E-state index < -0.39 is 11.9 Å². The number of carbonyl (C=O) groups excluding carboxylic acids is 2. The second-order valence-corrected chi connectivity index (χ2v) is 10.4. The highest BCUT2D eigenvalue weighted by Crippen LogP contribution is 2.36. The molecule has 11 heteroatoms. The summed E-state index contributed by atoms with van der Waals surface area (Å²) >= 11 is 13.5. The normalized spacial score (nSPS) is 10.8. The van der Waals surface area contributed by atoms with Crippen molar-refractivity contribution in [1.82, 2.24) is 5.43 Å². The van der Waals surface area contributed by atoms with Crippen molar-refractivity contribution < 1.29 is 23.8 Å². The van der Waals surface area contributed by atoms with Gasteiger partial charge in [0.15, 0.2) is 18.1 Å². The molecule has 0 aromatic heterocycles. The van der Waals surface area contributed by atoms with E-state index in [1.807, 2.05) is 19.1 Å². The summed E-state index contributed by atoms with van der Waals surface area (Å²) in [5, 5.41) is 3.96. The molecule has 7 nitrogen and oxygen atoms in total. The minimum absolute atomic E-state index is 0.231. The molecule has 0 aliphatic carbocycles. The first kappa shape index (κ1) is 27.4. The second-order valence-electron chi connectivity index (χ2n) is 6.82. The molecule has 0 aliphatic heterocycles. The van der Waals surface area contributed by atoms with Crippen LogP contribution in [0.4, 0.5) is 0 Å². The Bertz CT molecular complexity index is 1230. The van der Waals surface area contributed by atoms with Gasteiger partial charge in [-0.25, -0.2) is 10.2 Å². The van der Waals surface area contributed by atoms with Crippen molar-refractivity contribution >= 4 is 81.8 Å². The number of hydrogen-bond donors (Lipinski definition) is 1. The lowest BCUT2D eigenvalue weighted by Gasteiger charge is -2.11. The Hall–Kier alpha value is -2.21. The zero-order chi connectivity index (χ0) is 25.4. The van der Waals surface area contributed by atoms with Gasteiger partial charge in [0.1, 0.15) is 5.75 Å². The SMILES string of the molecule is CCOc1cc(/C=N/NC(=O)COc2c(Br)cc(Br)cc2Br)ccc1OC(=O)c1ccc(Br)cc1. The summed E-state index contributed by atoms with van der Waals surface area (Å²) < 4.78 is 19.8. The van der Waals surface area contributed by atoms with E-state index in [0.29, 0.717) is 38.2 Å². The predicted molar refractivity (Wildman–Crippen MR) is 147 cm³/mol. The molecule has 1 amide bonds. The van der Waals surface area contributed by atoms with E-state index in [4.69, 9.17) is 14.2 Å². The Labute approximate surface area is 235 Å². The maximum Gasteiger partial charge on any atom is 0.343 e. The monoisotopic (exact) mass is 730 g/mol. The lowest BCUT2D eigenvalue weighted by molar-refractivity contribution is -0.123. The van der Waals surface area contributed by atoms with Crippen LogP contribution in [0.5, 0.6) is 17.2 Å². The molecule has 3 aromatic rings. The van der Waals surface area contributed by atoms with E-state index in [-0.39, 0.29) is 12.4 Å². The molecule has 0 unspecified atom stereocenters. The summed E-state index contributed by atoms with van der Waals surface area (Å²) in [4.78, 5) is 24.6. The van der Waals surface area contributed by atoms with Crippen LogP contribution in [0.3, 0.4) is 0 Å². The van der Waals surface area contributed by atoms with E-state index in [1.54, 1.807) is 42.5 Å². The number of nitrogens with zero attached hydrogens (tertiary/aromatic N) is 1. The van der Waals surface area contributed by atoms with E-state index in [9.17, 15) is 9.59 Å². The highest BCUT2D eigenvalue weighted by Gasteiger charge is 2.14. The molecule has 1 N–H and O–H groups in total. The average Bonchev–Trinajstić information content (AvgIpc) is 2.80. The molecular formula is C24H18Br4N2O5. The number of hydrazone groups is 1. The van der Waals surface area contributed by atoms with E-state index >= 15 is 0 Å². The van der Waals surface area contributed by atoms with Gasteiger partial charge in [0.2, 0.25) is 0 Å². The fourth-order valence-electron chi connectivity index (χ4n) is 2.72. The van der Waals surface area contributed by atoms with Gasteiger partial charge >= 0.3 is 5.97 Å². The number of esters is 1. The number of hydrogen-bond acceptors (Lipinski definition) is 6. The van der Waals surface area contributed by atoms with Crippen LogP contribution >= 0.6 is 63.7 Å². The van der Waals surface area contributed by atoms with Gasteiger partial charge in [-0.3, -0.25) is 4.79 Å². The smallest absolute Gasteiger partial charge is 0.343 e. The molecule has 0 fully saturated rings. The molecule has 182 valence electrons. The van der Waals surface area contributed by atoms with Gasteiger partial charge in [-0.1, -0.05) is 31.9 Å². The summed E-state index contributed by atoms with van der Waals surface area (Å²) in [5.41, 5.74) is 3.46. The molecule has 0 heterocycles. The van der Waals surface area contributed by atoms with Crippen LogP contribution in [0.1, 0.15) is 22.8 Å². The quantitative estimate of drug-likeness (QED) is 0.112. The van der Waals surface area contributed by atoms with Crippen LogP contribution < -0.4 is 19.6 Å². The van der Waals surface area contributed by atoms with Gasteiger partial charge in [-0.2, -0.15) is 5.10 Å². The molecule has 0 spiro atoms. The number of halogens is 4. The fraction of sp³-hybridized carbons (Fsp3) is 0.125. The van der Waals surface area contributed by atoms with E-state index in [0.717, 1.165) is 8.95 Å². The summed E-state index contributed by atoms with van der Waals surface area (Å²) in [7, 11) is 0. The van der Waals surface area contributed by atoms with Crippen molar-refractivity contribution in [2.75, 3.05) is 13.2 Å². The van der Waals surface area contributed by atoms with Crippen molar-refractivity contribution in [3.63, 3.8) is 0 Å². The summed E-state index contributed by atoms with van der Waals surface area (Å²) in [6, 6.07) is 15.4. The predicted octanol–water partition coefficient (Wildman–Crippen LogP) is 6.88. The molecule has 0 radical (unpaired) electrons. The van der Waals surface area contributed by atoms with Crippen LogP contribution in [0, 0.1) is 0 Å². The number of carbonyl (C=O) groups is 2. The maximum absolute atomic E-state index is 12.4. The Morgan fingerprint density at radius 3 is 2.23 bits per heavy atom. The first-order valence-electron chi connectivity index (χ1n) is 10.1. The topological polar surface area (TPSA) is 86.2 Å². The molecule has 3 aromatic carbocycles. The third-order valence-corrected chi connectivity index (χ3v) is 6.43. The van der Waals surface area contributed by atoms with Crippen LogP contribution in [-0.4, -0.2) is 31.3 Å². The van der Waals surface area contributed by atoms with Crippen LogP contribution in [0.15, 0.2) is 77.6 Å². The van der Waals surface area contributed by atoms with Crippen molar-refractivity contribution in [2.45, 2.75) is 6.92 Å². The van der Waals surface area contributed by atoms with Crippen molar-refractivity contribution in [1.29, 1.82) is 0 Å². The third-order valence-electron chi connectivity index (χ3n) is 4.26. The largest absolute Gasteiger partial charge is 0.490 e. The number of amides is 1. The van der Waals surface area contributed by atoms with Gasteiger partial charge in [0.25, 0.3) is 5.91 Å². The second kappa shape index (κ2) is 13.2. The molecule has 3 rings (SSSR count). The van der Waals surface area contributed by atoms with Gasteiger partial charge < -0.3 is 14.2 Å². The number of benzene rings is 3. The number of nitrogens with one attached hydrogen (secondary N) is 1. The van der Waals surface area contributed by atoms with Crippen LogP contribution in [0.25, 0.3) is 0 Å². The van der Waals surface area contributed by atoms with E-state index in [2.05, 4.69) is 74.2 Å². The maximum atomic E-state index is 12.4. The molecule has 0 saturated carbocycles. The number of ether oxygens (including phenoxy) is 3. The van der Waals surface area contributed by atoms with Crippen molar-refractivity contribution in [2.24, 2.45) is 5.10 Å². The molecule has 0 saturated heterocycles. The summed E-state index contributed by atoms with van der Waals surface area (Å²) in [6.07, 6.45) is 1.45. The lowest BCUT2D eigenvalue weighted by atomic mass is 10.2. The Balaban J connectivity index is 1.61. The van der Waals surface area contributed by atoms with Crippen LogP contribution in [-0.2, 0) is 4.79 Å². The molecule has 0 aliphatic rings. The van der Waals surface area contributed by atoms with Gasteiger partial charge in [-0.05, 0) is 98.9 Å². The van der Waals surface area contributed by atoms with Gasteiger partial charge in [0.05, 0.1) is 27.3 Å². The minimum Gasteiger partial charge on any atom is -0.490 e. The summed E-state index contributed by atoms with van der Waals surface area (Å²) in [6.45, 7) is 1.97. The minimum atomic E-state index is -0.504. The highest BCUT2D eigenvalue weighted by molar-refractivity contribution is 9.11. The Morgan fingerprint density at radius 2 is 1.57 bits per heavy atom. The average molecular weight is 734 g/mol. The molecular weight excluding hydrogens is 716 g/mol.